The molecule has 2 aromatic rings. The van der Waals surface area contributed by atoms with Crippen molar-refractivity contribution in [1.29, 1.82) is 0 Å². The number of hydrogen-bond acceptors (Lipinski definition) is 9. The number of hydroxylamine groups is 2. The minimum Gasteiger partial charge on any atom is -0.453 e. The number of aromatic nitrogens is 2. The van der Waals surface area contributed by atoms with Crippen molar-refractivity contribution in [3.63, 3.8) is 0 Å². The van der Waals surface area contributed by atoms with Crippen molar-refractivity contribution >= 4 is 29.1 Å². The summed E-state index contributed by atoms with van der Waals surface area (Å²) in [5, 5.41) is 3.23. The molecule has 10 nitrogen and oxygen atoms in total. The van der Waals surface area contributed by atoms with Crippen LogP contribution in [0.15, 0.2) is 22.8 Å². The predicted molar refractivity (Wildman–Crippen MR) is 105 cm³/mol. The third-order valence-electron chi connectivity index (χ3n) is 4.44. The van der Waals surface area contributed by atoms with E-state index < -0.39 is 17.7 Å². The molecule has 1 atom stereocenters. The number of amides is 1. The fraction of sp³-hybridized carbons (Fsp3) is 0.444. The lowest BCUT2D eigenvalue weighted by atomic mass is 10.2. The first kappa shape index (κ1) is 19.6. The lowest BCUT2D eigenvalue weighted by Crippen LogP contribution is -2.34. The summed E-state index contributed by atoms with van der Waals surface area (Å²) in [6.07, 6.45) is 0.931. The van der Waals surface area contributed by atoms with Gasteiger partial charge in [0.25, 0.3) is 5.91 Å². The molecule has 0 fully saturated rings. The maximum Gasteiger partial charge on any atom is 0.396 e. The van der Waals surface area contributed by atoms with Crippen molar-refractivity contribution in [2.75, 3.05) is 13.7 Å². The Morgan fingerprint density at radius 3 is 2.90 bits per heavy atom. The molecule has 0 spiro atoms. The molecule has 0 saturated carbocycles. The zero-order chi connectivity index (χ0) is 20.9. The number of esters is 1. The lowest BCUT2D eigenvalue weighted by molar-refractivity contribution is -0.152. The molecule has 4 rings (SSSR count). The standard InChI is InChI=1S/C18H22N6O4S/c1-18(2,3)27-17(26)15-21-14(24(8-19)28-15)12-11-7-22(4)16(25)13-10(5-6-29-13)23(11)9-20-12/h5-6,9,14H,7-8,19H2,1-4H3. The fourth-order valence-corrected chi connectivity index (χ4v) is 4.07. The summed E-state index contributed by atoms with van der Waals surface area (Å²) in [5.74, 6) is -0.900. The smallest absolute Gasteiger partial charge is 0.396 e. The predicted octanol–water partition coefficient (Wildman–Crippen LogP) is 1.42. The first-order valence-electron chi connectivity index (χ1n) is 9.05. The highest BCUT2D eigenvalue weighted by Crippen LogP contribution is 2.34. The van der Waals surface area contributed by atoms with Gasteiger partial charge in [0.1, 0.15) is 16.2 Å². The van der Waals surface area contributed by atoms with Gasteiger partial charge in [0.05, 0.1) is 30.9 Å². The molecule has 2 aliphatic heterocycles. The minimum atomic E-state index is -0.720. The first-order chi connectivity index (χ1) is 13.7. The van der Waals surface area contributed by atoms with Crippen molar-refractivity contribution in [1.82, 2.24) is 19.5 Å². The molecule has 4 heterocycles. The number of fused-ring (bicyclic) bond motifs is 3. The molecule has 2 N–H and O–H groups in total. The maximum absolute atomic E-state index is 12.7. The Balaban J connectivity index is 1.73. The Hall–Kier alpha value is -2.76. The van der Waals surface area contributed by atoms with E-state index in [0.29, 0.717) is 17.1 Å². The Bertz CT molecular complexity index is 1000. The van der Waals surface area contributed by atoms with Crippen molar-refractivity contribution in [2.24, 2.45) is 10.7 Å². The highest BCUT2D eigenvalue weighted by molar-refractivity contribution is 7.12. The maximum atomic E-state index is 12.7. The molecular formula is C18H22N6O4S. The van der Waals surface area contributed by atoms with E-state index in [-0.39, 0.29) is 18.5 Å². The quantitative estimate of drug-likeness (QED) is 0.750. The van der Waals surface area contributed by atoms with Crippen LogP contribution in [0.2, 0.25) is 0 Å². The fourth-order valence-electron chi connectivity index (χ4n) is 3.20. The summed E-state index contributed by atoms with van der Waals surface area (Å²) in [6, 6.07) is 1.88. The van der Waals surface area contributed by atoms with Crippen LogP contribution in [-0.2, 0) is 20.9 Å². The van der Waals surface area contributed by atoms with E-state index in [1.54, 1.807) is 39.0 Å². The van der Waals surface area contributed by atoms with E-state index in [9.17, 15) is 9.59 Å². The number of nitrogens with two attached hydrogens (primary N) is 1. The van der Waals surface area contributed by atoms with E-state index in [1.807, 2.05) is 16.0 Å². The van der Waals surface area contributed by atoms with Crippen LogP contribution in [0.5, 0.6) is 0 Å². The molecule has 29 heavy (non-hydrogen) atoms. The molecule has 154 valence electrons. The van der Waals surface area contributed by atoms with Crippen LogP contribution in [0.1, 0.15) is 48.0 Å². The Kier molecular flexibility index (Phi) is 4.68. The molecule has 11 heteroatoms. The lowest BCUT2D eigenvalue weighted by Gasteiger charge is -2.21. The number of imidazole rings is 1. The second kappa shape index (κ2) is 6.94. The average Bonchev–Trinajstić information content (AvgIpc) is 3.35. The number of nitrogens with zero attached hydrogens (tertiary/aromatic N) is 5. The second-order valence-corrected chi connectivity index (χ2v) is 8.66. The largest absolute Gasteiger partial charge is 0.453 e. The summed E-state index contributed by atoms with van der Waals surface area (Å²) in [6.45, 7) is 5.62. The number of aliphatic imine (C=N–C) groups is 1. The highest BCUT2D eigenvalue weighted by atomic mass is 32.1. The monoisotopic (exact) mass is 418 g/mol. The van der Waals surface area contributed by atoms with Gasteiger partial charge in [-0.2, -0.15) is 0 Å². The van der Waals surface area contributed by atoms with Crippen LogP contribution in [0.3, 0.4) is 0 Å². The molecule has 0 bridgehead atoms. The van der Waals surface area contributed by atoms with Crippen LogP contribution in [0.25, 0.3) is 5.69 Å². The third-order valence-corrected chi connectivity index (χ3v) is 5.34. The number of carbonyl (C=O) groups excluding carboxylic acids is 2. The van der Waals surface area contributed by atoms with Gasteiger partial charge >= 0.3 is 11.9 Å². The topological polar surface area (TPSA) is 115 Å². The molecular weight excluding hydrogens is 396 g/mol. The summed E-state index contributed by atoms with van der Waals surface area (Å²) in [7, 11) is 1.74. The molecule has 0 aliphatic carbocycles. The first-order valence-corrected chi connectivity index (χ1v) is 9.93. The number of carbonyl (C=O) groups is 2. The van der Waals surface area contributed by atoms with E-state index in [2.05, 4.69) is 9.98 Å². The van der Waals surface area contributed by atoms with Gasteiger partial charge in [-0.05, 0) is 32.2 Å². The van der Waals surface area contributed by atoms with Crippen LogP contribution in [0, 0.1) is 0 Å². The zero-order valence-electron chi connectivity index (χ0n) is 16.6. The van der Waals surface area contributed by atoms with E-state index in [0.717, 1.165) is 11.4 Å². The van der Waals surface area contributed by atoms with Crippen molar-refractivity contribution in [3.8, 4) is 5.69 Å². The molecule has 2 aliphatic rings. The number of ether oxygens (including phenoxy) is 1. The van der Waals surface area contributed by atoms with Crippen molar-refractivity contribution in [3.05, 3.63) is 34.0 Å². The molecule has 0 aromatic carbocycles. The second-order valence-electron chi connectivity index (χ2n) is 7.74. The van der Waals surface area contributed by atoms with Gasteiger partial charge in [-0.25, -0.2) is 14.8 Å². The Labute approximate surface area is 171 Å². The van der Waals surface area contributed by atoms with E-state index in [1.165, 1.54) is 16.4 Å². The van der Waals surface area contributed by atoms with Gasteiger partial charge in [-0.15, -0.1) is 11.3 Å². The van der Waals surface area contributed by atoms with Gasteiger partial charge < -0.3 is 20.2 Å². The molecule has 0 radical (unpaired) electrons. The summed E-state index contributed by atoms with van der Waals surface area (Å²) < 4.78 is 7.21. The average molecular weight is 418 g/mol. The number of rotatable bonds is 3. The van der Waals surface area contributed by atoms with Gasteiger partial charge in [0.15, 0.2) is 6.17 Å². The molecule has 1 amide bonds. The molecule has 2 aromatic heterocycles. The number of hydrogen-bond donors (Lipinski definition) is 1. The highest BCUT2D eigenvalue weighted by Gasteiger charge is 2.39. The van der Waals surface area contributed by atoms with E-state index in [4.69, 9.17) is 15.3 Å². The minimum absolute atomic E-state index is 0.00870. The van der Waals surface area contributed by atoms with Crippen molar-refractivity contribution < 1.29 is 19.2 Å². The van der Waals surface area contributed by atoms with Gasteiger partial charge in [-0.1, -0.05) is 5.06 Å². The van der Waals surface area contributed by atoms with Gasteiger partial charge in [0.2, 0.25) is 0 Å². The Morgan fingerprint density at radius 2 is 2.21 bits per heavy atom. The third kappa shape index (κ3) is 3.41. The molecule has 1 unspecified atom stereocenters. The van der Waals surface area contributed by atoms with Crippen molar-refractivity contribution in [2.45, 2.75) is 39.1 Å². The molecule has 0 saturated heterocycles. The van der Waals surface area contributed by atoms with Crippen LogP contribution < -0.4 is 5.73 Å². The Morgan fingerprint density at radius 1 is 1.45 bits per heavy atom. The van der Waals surface area contributed by atoms with Crippen LogP contribution >= 0.6 is 11.3 Å². The van der Waals surface area contributed by atoms with Gasteiger partial charge in [0, 0.05) is 7.05 Å². The number of thiophene rings is 1. The SMILES string of the molecule is CN1Cc2c(C3N=C(C(=O)OC(C)(C)C)ON3CN)ncn2-c2ccsc2C1=O. The normalized spacial score (nSPS) is 19.3. The summed E-state index contributed by atoms with van der Waals surface area (Å²) >= 11 is 1.39. The van der Waals surface area contributed by atoms with Gasteiger partial charge in [-0.3, -0.25) is 9.36 Å². The van der Waals surface area contributed by atoms with E-state index >= 15 is 0 Å². The van der Waals surface area contributed by atoms with Crippen LogP contribution in [-0.4, -0.2) is 56.6 Å². The summed E-state index contributed by atoms with van der Waals surface area (Å²) in [5.41, 5.74) is 7.24. The zero-order valence-corrected chi connectivity index (χ0v) is 17.4. The van der Waals surface area contributed by atoms with Crippen LogP contribution in [0.4, 0.5) is 0 Å². The summed E-state index contributed by atoms with van der Waals surface area (Å²) in [4.78, 5) is 41.7.